The van der Waals surface area contributed by atoms with Gasteiger partial charge in [0.25, 0.3) is 0 Å². The molecule has 1 aromatic rings. The standard InChI is InChI=1S/C37H70N8/c1-28-38-32(40-29-20-16-15-17-21-29)41-33(39-28)45(31-26-36(6,7)44(12)37(8,9)27-31)23-19-14-13-18-22-42(10)30-24-34(2,3)43(11)35(4,5)25-30/h29-31H,13-27H2,1-12H3,(H,38,39,40,41). The van der Waals surface area contributed by atoms with Crippen LogP contribution in [0.1, 0.15) is 145 Å². The van der Waals surface area contributed by atoms with Gasteiger partial charge in [-0.05, 0) is 141 Å². The topological polar surface area (TPSA) is 63.7 Å². The fourth-order valence-electron chi connectivity index (χ4n) is 8.88. The Kier molecular flexibility index (Phi) is 11.6. The van der Waals surface area contributed by atoms with Gasteiger partial charge in [-0.3, -0.25) is 9.80 Å². The molecule has 258 valence electrons. The van der Waals surface area contributed by atoms with Crippen molar-refractivity contribution < 1.29 is 0 Å². The normalized spacial score (nSPS) is 24.6. The highest BCUT2D eigenvalue weighted by Gasteiger charge is 2.46. The Morgan fingerprint density at radius 2 is 1.16 bits per heavy atom. The predicted molar refractivity (Wildman–Crippen MR) is 191 cm³/mol. The fraction of sp³-hybridized carbons (Fsp3) is 0.919. The van der Waals surface area contributed by atoms with Gasteiger partial charge in [0, 0.05) is 46.8 Å². The largest absolute Gasteiger partial charge is 0.351 e. The first-order valence-corrected chi connectivity index (χ1v) is 18.4. The lowest BCUT2D eigenvalue weighted by atomic mass is 9.77. The van der Waals surface area contributed by atoms with Crippen LogP contribution in [-0.2, 0) is 0 Å². The number of anilines is 2. The molecule has 8 nitrogen and oxygen atoms in total. The van der Waals surface area contributed by atoms with E-state index in [1.807, 2.05) is 6.92 Å². The number of rotatable bonds is 12. The zero-order chi connectivity index (χ0) is 33.2. The zero-order valence-corrected chi connectivity index (χ0v) is 31.5. The molecular formula is C37H70N8. The van der Waals surface area contributed by atoms with Gasteiger partial charge in [-0.15, -0.1) is 0 Å². The molecule has 2 saturated heterocycles. The molecule has 0 radical (unpaired) electrons. The third-order valence-electron chi connectivity index (χ3n) is 12.2. The summed E-state index contributed by atoms with van der Waals surface area (Å²) in [5.41, 5.74) is 0.690. The Morgan fingerprint density at radius 3 is 1.69 bits per heavy atom. The molecule has 0 atom stereocenters. The first-order chi connectivity index (χ1) is 20.9. The van der Waals surface area contributed by atoms with Crippen molar-refractivity contribution in [3.63, 3.8) is 0 Å². The second kappa shape index (κ2) is 14.3. The molecule has 0 spiro atoms. The smallest absolute Gasteiger partial charge is 0.230 e. The van der Waals surface area contributed by atoms with Gasteiger partial charge in [-0.25, -0.2) is 0 Å². The lowest BCUT2D eigenvalue weighted by molar-refractivity contribution is -0.0426. The molecule has 1 aromatic heterocycles. The monoisotopic (exact) mass is 627 g/mol. The minimum Gasteiger partial charge on any atom is -0.351 e. The van der Waals surface area contributed by atoms with Crippen LogP contribution in [0.5, 0.6) is 0 Å². The first-order valence-electron chi connectivity index (χ1n) is 18.4. The number of unbranched alkanes of at least 4 members (excludes halogenated alkanes) is 3. The van der Waals surface area contributed by atoms with E-state index in [9.17, 15) is 0 Å². The summed E-state index contributed by atoms with van der Waals surface area (Å²) in [6.45, 7) is 23.5. The molecule has 3 fully saturated rings. The molecule has 0 unspecified atom stereocenters. The van der Waals surface area contributed by atoms with E-state index in [2.05, 4.69) is 101 Å². The first kappa shape index (κ1) is 36.3. The molecule has 8 heteroatoms. The highest BCUT2D eigenvalue weighted by Crippen LogP contribution is 2.41. The van der Waals surface area contributed by atoms with Gasteiger partial charge < -0.3 is 15.1 Å². The molecular weight excluding hydrogens is 556 g/mol. The van der Waals surface area contributed by atoms with E-state index >= 15 is 0 Å². The highest BCUT2D eigenvalue weighted by atomic mass is 15.3. The van der Waals surface area contributed by atoms with E-state index in [0.29, 0.717) is 18.1 Å². The molecule has 3 aliphatic rings. The Bertz CT molecular complexity index is 1060. The van der Waals surface area contributed by atoms with Gasteiger partial charge >= 0.3 is 0 Å². The van der Waals surface area contributed by atoms with Crippen molar-refractivity contribution in [3.05, 3.63) is 5.82 Å². The molecule has 1 aliphatic carbocycles. The van der Waals surface area contributed by atoms with Crippen LogP contribution in [0.3, 0.4) is 0 Å². The van der Waals surface area contributed by atoms with E-state index in [1.165, 1.54) is 77.2 Å². The van der Waals surface area contributed by atoms with Crippen LogP contribution in [0.25, 0.3) is 0 Å². The molecule has 4 rings (SSSR count). The molecule has 1 N–H and O–H groups in total. The Morgan fingerprint density at radius 1 is 0.667 bits per heavy atom. The summed E-state index contributed by atoms with van der Waals surface area (Å²) in [7, 11) is 6.96. The minimum absolute atomic E-state index is 0.109. The van der Waals surface area contributed by atoms with E-state index in [4.69, 9.17) is 15.0 Å². The molecule has 2 aliphatic heterocycles. The van der Waals surface area contributed by atoms with Crippen LogP contribution in [0.4, 0.5) is 11.9 Å². The van der Waals surface area contributed by atoms with Crippen LogP contribution in [0.2, 0.25) is 0 Å². The van der Waals surface area contributed by atoms with Gasteiger partial charge in [0.05, 0.1) is 0 Å². The quantitative estimate of drug-likeness (QED) is 0.239. The second-order valence-corrected chi connectivity index (χ2v) is 17.6. The van der Waals surface area contributed by atoms with Gasteiger partial charge in [0.2, 0.25) is 11.9 Å². The number of nitrogens with zero attached hydrogens (tertiary/aromatic N) is 7. The van der Waals surface area contributed by atoms with Crippen LogP contribution in [0, 0.1) is 6.92 Å². The Hall–Kier alpha value is -1.51. The van der Waals surface area contributed by atoms with Crippen LogP contribution in [0.15, 0.2) is 0 Å². The summed E-state index contributed by atoms with van der Waals surface area (Å²) in [5.74, 6) is 2.45. The Labute approximate surface area is 277 Å². The van der Waals surface area contributed by atoms with E-state index in [0.717, 1.165) is 37.1 Å². The molecule has 0 amide bonds. The summed E-state index contributed by atoms with van der Waals surface area (Å²) < 4.78 is 0. The fourth-order valence-corrected chi connectivity index (χ4v) is 8.88. The maximum absolute atomic E-state index is 5.11. The average molecular weight is 627 g/mol. The highest BCUT2D eigenvalue weighted by molar-refractivity contribution is 5.39. The van der Waals surface area contributed by atoms with Crippen molar-refractivity contribution >= 4 is 11.9 Å². The number of hydrogen-bond donors (Lipinski definition) is 1. The van der Waals surface area contributed by atoms with Gasteiger partial charge in [0.15, 0.2) is 0 Å². The maximum Gasteiger partial charge on any atom is 0.230 e. The predicted octanol–water partition coefficient (Wildman–Crippen LogP) is 7.53. The lowest BCUT2D eigenvalue weighted by Gasteiger charge is -2.55. The number of aromatic nitrogens is 3. The maximum atomic E-state index is 5.11. The number of likely N-dealkylation sites (tertiary alicyclic amines) is 2. The summed E-state index contributed by atoms with van der Waals surface area (Å²) in [6.07, 6.45) is 16.0. The Balaban J connectivity index is 1.39. The van der Waals surface area contributed by atoms with Crippen LogP contribution >= 0.6 is 0 Å². The van der Waals surface area contributed by atoms with Crippen molar-refractivity contribution in [1.82, 2.24) is 29.7 Å². The van der Waals surface area contributed by atoms with E-state index < -0.39 is 0 Å². The molecule has 1 saturated carbocycles. The number of nitrogens with one attached hydrogen (secondary N) is 1. The molecule has 45 heavy (non-hydrogen) atoms. The molecule has 0 bridgehead atoms. The number of piperidine rings is 2. The van der Waals surface area contributed by atoms with Crippen molar-refractivity contribution in [1.29, 1.82) is 0 Å². The number of hydrogen-bond acceptors (Lipinski definition) is 8. The van der Waals surface area contributed by atoms with Crippen LogP contribution in [-0.4, -0.2) is 104 Å². The summed E-state index contributed by atoms with van der Waals surface area (Å²) >= 11 is 0. The lowest BCUT2D eigenvalue weighted by Crippen LogP contribution is -2.63. The van der Waals surface area contributed by atoms with E-state index in [1.54, 1.807) is 0 Å². The summed E-state index contributed by atoms with van der Waals surface area (Å²) in [5, 5.41) is 3.69. The SMILES string of the molecule is Cc1nc(NC2CCCCC2)nc(N(CCCCCCN(C)C2CC(C)(C)N(C)C(C)(C)C2)C2CC(C)(C)N(C)C(C)(C)C2)n1. The summed E-state index contributed by atoms with van der Waals surface area (Å²) in [6, 6.07) is 1.53. The zero-order valence-electron chi connectivity index (χ0n) is 31.5. The van der Waals surface area contributed by atoms with Gasteiger partial charge in [-0.1, -0.05) is 32.1 Å². The summed E-state index contributed by atoms with van der Waals surface area (Å²) in [4.78, 5) is 25.2. The van der Waals surface area contributed by atoms with Crippen molar-refractivity contribution in [2.75, 3.05) is 44.4 Å². The van der Waals surface area contributed by atoms with Crippen molar-refractivity contribution in [3.8, 4) is 0 Å². The molecule has 0 aromatic carbocycles. The average Bonchev–Trinajstić information content (AvgIpc) is 2.93. The second-order valence-electron chi connectivity index (χ2n) is 17.6. The minimum atomic E-state index is 0.109. The molecule has 3 heterocycles. The van der Waals surface area contributed by atoms with Gasteiger partial charge in [0.1, 0.15) is 5.82 Å². The van der Waals surface area contributed by atoms with Gasteiger partial charge in [-0.2, -0.15) is 15.0 Å². The third kappa shape index (κ3) is 9.10. The third-order valence-corrected chi connectivity index (χ3v) is 12.2. The van der Waals surface area contributed by atoms with Crippen LogP contribution < -0.4 is 10.2 Å². The van der Waals surface area contributed by atoms with E-state index in [-0.39, 0.29) is 22.2 Å². The van der Waals surface area contributed by atoms with Crippen molar-refractivity contribution in [2.24, 2.45) is 0 Å². The van der Waals surface area contributed by atoms with Crippen molar-refractivity contribution in [2.45, 2.75) is 186 Å². The number of aryl methyl sites for hydroxylation is 1.